The number of thiocarbonyl (C=S) groups is 1. The van der Waals surface area contributed by atoms with Gasteiger partial charge in [0.05, 0.1) is 5.57 Å². The Hall–Kier alpha value is -1.68. The predicted molar refractivity (Wildman–Crippen MR) is 80.3 cm³/mol. The van der Waals surface area contributed by atoms with Crippen molar-refractivity contribution in [3.8, 4) is 0 Å². The van der Waals surface area contributed by atoms with Gasteiger partial charge in [-0.2, -0.15) is 0 Å². The molecule has 0 fully saturated rings. The minimum atomic E-state index is -0.201. The molecule has 1 aromatic rings. The Bertz CT molecular complexity index is 547. The molecule has 2 N–H and O–H groups in total. The monoisotopic (exact) mass is 275 g/mol. The molecule has 1 aliphatic rings. The number of aliphatic hydroxyl groups is 1. The van der Waals surface area contributed by atoms with E-state index in [0.29, 0.717) is 17.8 Å². The minimum absolute atomic E-state index is 0.0923. The SMILES string of the molecule is CC1(C)CC(=O)C(C(=S)Nc2ccccc2)=C(O)C1. The Balaban J connectivity index is 2.22. The van der Waals surface area contributed by atoms with Gasteiger partial charge in [-0.25, -0.2) is 0 Å². The van der Waals surface area contributed by atoms with E-state index in [1.165, 1.54) is 0 Å². The number of carbonyl (C=O) groups is 1. The number of ketones is 1. The third kappa shape index (κ3) is 3.20. The molecule has 0 atom stereocenters. The summed E-state index contributed by atoms with van der Waals surface area (Å²) in [5.41, 5.74) is 0.871. The average Bonchev–Trinajstić information content (AvgIpc) is 2.27. The minimum Gasteiger partial charge on any atom is -0.511 e. The first-order valence-corrected chi connectivity index (χ1v) is 6.62. The summed E-state index contributed by atoms with van der Waals surface area (Å²) >= 11 is 5.24. The van der Waals surface area contributed by atoms with Crippen LogP contribution in [0.4, 0.5) is 5.69 Å². The van der Waals surface area contributed by atoms with E-state index in [1.807, 2.05) is 44.2 Å². The van der Waals surface area contributed by atoms with E-state index in [1.54, 1.807) is 0 Å². The first kappa shape index (κ1) is 13.7. The molecule has 0 unspecified atom stereocenters. The van der Waals surface area contributed by atoms with E-state index in [2.05, 4.69) is 5.32 Å². The lowest BCUT2D eigenvalue weighted by Crippen LogP contribution is -2.31. The molecule has 19 heavy (non-hydrogen) atoms. The van der Waals surface area contributed by atoms with E-state index >= 15 is 0 Å². The predicted octanol–water partition coefficient (Wildman–Crippen LogP) is 3.63. The number of allylic oxidation sites excluding steroid dienone is 1. The summed E-state index contributed by atoms with van der Waals surface area (Å²) in [6.45, 7) is 3.93. The van der Waals surface area contributed by atoms with E-state index in [4.69, 9.17) is 12.2 Å². The van der Waals surface area contributed by atoms with Crippen LogP contribution in [-0.2, 0) is 4.79 Å². The van der Waals surface area contributed by atoms with Crippen molar-refractivity contribution in [2.75, 3.05) is 5.32 Å². The fourth-order valence-corrected chi connectivity index (χ4v) is 2.61. The van der Waals surface area contributed by atoms with Gasteiger partial charge < -0.3 is 10.4 Å². The topological polar surface area (TPSA) is 49.3 Å². The van der Waals surface area contributed by atoms with Gasteiger partial charge in [0.1, 0.15) is 10.7 Å². The number of rotatable bonds is 2. The van der Waals surface area contributed by atoms with Crippen molar-refractivity contribution in [2.24, 2.45) is 5.41 Å². The molecule has 4 heteroatoms. The second-order valence-corrected chi connectivity index (χ2v) is 5.99. The summed E-state index contributed by atoms with van der Waals surface area (Å²) in [5, 5.41) is 13.0. The standard InChI is InChI=1S/C15H17NO2S/c1-15(2)8-11(17)13(12(18)9-15)14(19)16-10-6-4-3-5-7-10/h3-7,17H,8-9H2,1-2H3,(H,16,19). The Kier molecular flexibility index (Phi) is 3.71. The summed E-state index contributed by atoms with van der Waals surface area (Å²) in [6, 6.07) is 9.39. The van der Waals surface area contributed by atoms with Gasteiger partial charge >= 0.3 is 0 Å². The van der Waals surface area contributed by atoms with Gasteiger partial charge in [-0.1, -0.05) is 44.3 Å². The van der Waals surface area contributed by atoms with Crippen LogP contribution < -0.4 is 5.32 Å². The molecular weight excluding hydrogens is 258 g/mol. The largest absolute Gasteiger partial charge is 0.511 e. The highest BCUT2D eigenvalue weighted by Crippen LogP contribution is 2.36. The molecule has 1 aliphatic carbocycles. The quantitative estimate of drug-likeness (QED) is 0.809. The maximum atomic E-state index is 12.1. The van der Waals surface area contributed by atoms with E-state index < -0.39 is 0 Å². The van der Waals surface area contributed by atoms with E-state index in [-0.39, 0.29) is 22.5 Å². The molecule has 0 amide bonds. The van der Waals surface area contributed by atoms with Crippen LogP contribution in [0.1, 0.15) is 26.7 Å². The molecule has 1 aromatic carbocycles. The number of Topliss-reactive ketones (excluding diaryl/α,β-unsaturated/α-hetero) is 1. The molecule has 0 radical (unpaired) electrons. The molecule has 0 spiro atoms. The number of aliphatic hydroxyl groups excluding tert-OH is 1. The van der Waals surface area contributed by atoms with Gasteiger partial charge in [-0.05, 0) is 17.5 Å². The third-order valence-corrected chi connectivity index (χ3v) is 3.42. The number of para-hydroxylation sites is 1. The van der Waals surface area contributed by atoms with Gasteiger partial charge in [0.25, 0.3) is 0 Å². The summed E-state index contributed by atoms with van der Waals surface area (Å²) in [4.78, 5) is 12.4. The fourth-order valence-electron chi connectivity index (χ4n) is 2.26. The zero-order chi connectivity index (χ0) is 14.0. The van der Waals surface area contributed by atoms with Gasteiger partial charge in [0, 0.05) is 18.5 Å². The molecule has 0 saturated heterocycles. The first-order valence-electron chi connectivity index (χ1n) is 6.21. The lowest BCUT2D eigenvalue weighted by molar-refractivity contribution is -0.117. The van der Waals surface area contributed by atoms with Crippen LogP contribution in [-0.4, -0.2) is 15.9 Å². The third-order valence-electron chi connectivity index (χ3n) is 3.11. The van der Waals surface area contributed by atoms with E-state index in [0.717, 1.165) is 5.69 Å². The summed E-state index contributed by atoms with van der Waals surface area (Å²) in [5.74, 6) is -0.00291. The number of hydrogen-bond donors (Lipinski definition) is 2. The zero-order valence-corrected chi connectivity index (χ0v) is 11.9. The van der Waals surface area contributed by atoms with Crippen LogP contribution in [0.25, 0.3) is 0 Å². The van der Waals surface area contributed by atoms with Crippen molar-refractivity contribution in [1.82, 2.24) is 0 Å². The Labute approximate surface area is 118 Å². The smallest absolute Gasteiger partial charge is 0.169 e. The molecule has 2 rings (SSSR count). The molecule has 0 aliphatic heterocycles. The molecule has 0 saturated carbocycles. The van der Waals surface area contributed by atoms with Crippen molar-refractivity contribution in [3.05, 3.63) is 41.7 Å². The van der Waals surface area contributed by atoms with Crippen molar-refractivity contribution in [3.63, 3.8) is 0 Å². The average molecular weight is 275 g/mol. The lowest BCUT2D eigenvalue weighted by Gasteiger charge is -2.29. The maximum absolute atomic E-state index is 12.1. The second-order valence-electron chi connectivity index (χ2n) is 5.58. The Morgan fingerprint density at radius 1 is 1.26 bits per heavy atom. The number of anilines is 1. The van der Waals surface area contributed by atoms with Crippen molar-refractivity contribution >= 4 is 28.7 Å². The summed E-state index contributed by atoms with van der Waals surface area (Å²) < 4.78 is 0. The van der Waals surface area contributed by atoms with Gasteiger partial charge in [0.15, 0.2) is 5.78 Å². The molecule has 3 nitrogen and oxygen atoms in total. The van der Waals surface area contributed by atoms with Crippen LogP contribution in [0.2, 0.25) is 0 Å². The van der Waals surface area contributed by atoms with Crippen LogP contribution in [0, 0.1) is 5.41 Å². The number of benzene rings is 1. The van der Waals surface area contributed by atoms with Crippen LogP contribution in [0.3, 0.4) is 0 Å². The highest BCUT2D eigenvalue weighted by molar-refractivity contribution is 7.81. The first-order chi connectivity index (χ1) is 8.89. The van der Waals surface area contributed by atoms with Crippen LogP contribution in [0.5, 0.6) is 0 Å². The maximum Gasteiger partial charge on any atom is 0.169 e. The normalized spacial score (nSPS) is 18.3. The summed E-state index contributed by atoms with van der Waals surface area (Å²) in [6.07, 6.45) is 0.883. The zero-order valence-electron chi connectivity index (χ0n) is 11.1. The van der Waals surface area contributed by atoms with Crippen LogP contribution in [0.15, 0.2) is 41.7 Å². The van der Waals surface area contributed by atoms with Crippen LogP contribution >= 0.6 is 12.2 Å². The van der Waals surface area contributed by atoms with Crippen molar-refractivity contribution in [1.29, 1.82) is 0 Å². The molecular formula is C15H17NO2S. The Morgan fingerprint density at radius 2 is 1.89 bits per heavy atom. The number of carbonyl (C=O) groups excluding carboxylic acids is 1. The lowest BCUT2D eigenvalue weighted by atomic mass is 9.76. The second kappa shape index (κ2) is 5.13. The summed E-state index contributed by atoms with van der Waals surface area (Å²) in [7, 11) is 0. The highest BCUT2D eigenvalue weighted by Gasteiger charge is 2.34. The van der Waals surface area contributed by atoms with Crippen molar-refractivity contribution in [2.45, 2.75) is 26.7 Å². The molecule has 0 aromatic heterocycles. The van der Waals surface area contributed by atoms with Gasteiger partial charge in [-0.3, -0.25) is 4.79 Å². The number of hydrogen-bond acceptors (Lipinski definition) is 3. The van der Waals surface area contributed by atoms with E-state index in [9.17, 15) is 9.90 Å². The van der Waals surface area contributed by atoms with Crippen molar-refractivity contribution < 1.29 is 9.90 Å². The number of nitrogens with one attached hydrogen (secondary N) is 1. The highest BCUT2D eigenvalue weighted by atomic mass is 32.1. The van der Waals surface area contributed by atoms with Gasteiger partial charge in [0.2, 0.25) is 0 Å². The molecule has 0 bridgehead atoms. The Morgan fingerprint density at radius 3 is 2.47 bits per heavy atom. The fraction of sp³-hybridized carbons (Fsp3) is 0.333. The molecule has 0 heterocycles. The molecule has 100 valence electrons. The van der Waals surface area contributed by atoms with Gasteiger partial charge in [-0.15, -0.1) is 0 Å².